The van der Waals surface area contributed by atoms with Gasteiger partial charge in [-0.15, -0.1) is 0 Å². The number of rotatable bonds is 9. The molecule has 1 amide bonds. The Morgan fingerprint density at radius 3 is 2.67 bits per heavy atom. The number of carbonyl (C=O) groups excluding carboxylic acids is 1. The summed E-state index contributed by atoms with van der Waals surface area (Å²) in [6, 6.07) is 11.5. The third kappa shape index (κ3) is 6.96. The second kappa shape index (κ2) is 12.9. The molecule has 0 atom stereocenters. The van der Waals surface area contributed by atoms with E-state index in [0.717, 1.165) is 5.69 Å². The van der Waals surface area contributed by atoms with Crippen molar-refractivity contribution in [3.05, 3.63) is 65.8 Å². The normalized spacial score (nSPS) is 10.3. The molecule has 0 unspecified atom stereocenters. The van der Waals surface area contributed by atoms with Gasteiger partial charge in [0.2, 0.25) is 11.9 Å². The fourth-order valence-electron chi connectivity index (χ4n) is 3.20. The van der Waals surface area contributed by atoms with Crippen LogP contribution in [0.25, 0.3) is 0 Å². The van der Waals surface area contributed by atoms with E-state index < -0.39 is 0 Å². The highest BCUT2D eigenvalue weighted by molar-refractivity contribution is 7.64. The number of ether oxygens (including phenoxy) is 1. The summed E-state index contributed by atoms with van der Waals surface area (Å²) < 4.78 is 5.57. The van der Waals surface area contributed by atoms with Gasteiger partial charge in [-0.1, -0.05) is 56.1 Å². The molecule has 0 bridgehead atoms. The van der Waals surface area contributed by atoms with Gasteiger partial charge in [0.05, 0.1) is 36.8 Å². The van der Waals surface area contributed by atoms with Crippen molar-refractivity contribution in [2.45, 2.75) is 0 Å². The Bertz CT molecular complexity index is 1320. The number of nitrogens with one attached hydrogen (secondary N) is 4. The lowest BCUT2D eigenvalue weighted by molar-refractivity contribution is -0.111. The van der Waals surface area contributed by atoms with Crippen LogP contribution in [-0.2, 0) is 4.79 Å². The van der Waals surface area contributed by atoms with Crippen LogP contribution < -0.4 is 31.3 Å². The molecule has 10 heteroatoms. The van der Waals surface area contributed by atoms with Crippen molar-refractivity contribution in [2.24, 2.45) is 0 Å². The highest BCUT2D eigenvalue weighted by Crippen LogP contribution is 2.34. The Labute approximate surface area is 217 Å². The van der Waals surface area contributed by atoms with Crippen LogP contribution in [0.2, 0.25) is 5.02 Å². The van der Waals surface area contributed by atoms with Crippen molar-refractivity contribution in [3.63, 3.8) is 0 Å². The summed E-state index contributed by atoms with van der Waals surface area (Å²) in [5.74, 6) is 6.94. The number of halogens is 1. The van der Waals surface area contributed by atoms with Gasteiger partial charge in [0.25, 0.3) is 0 Å². The minimum atomic E-state index is -0.359. The van der Waals surface area contributed by atoms with Crippen LogP contribution in [0.5, 0.6) is 5.75 Å². The fourth-order valence-corrected chi connectivity index (χ4v) is 4.33. The molecule has 3 rings (SSSR count). The molecule has 1 aromatic heterocycles. The molecule has 3 aromatic rings. The summed E-state index contributed by atoms with van der Waals surface area (Å²) in [5, 5.41) is 13.8. The Morgan fingerprint density at radius 2 is 1.97 bits per heavy atom. The first-order valence-electron chi connectivity index (χ1n) is 11.0. The van der Waals surface area contributed by atoms with Gasteiger partial charge in [-0.3, -0.25) is 4.79 Å². The lowest BCUT2D eigenvalue weighted by Crippen LogP contribution is -2.11. The van der Waals surface area contributed by atoms with Crippen molar-refractivity contribution in [2.75, 3.05) is 50.0 Å². The van der Waals surface area contributed by atoms with Crippen LogP contribution >= 0.6 is 19.5 Å². The van der Waals surface area contributed by atoms with Gasteiger partial charge in [0, 0.05) is 11.8 Å². The van der Waals surface area contributed by atoms with Crippen LogP contribution in [0.15, 0.2) is 55.3 Å². The maximum atomic E-state index is 12.0. The molecule has 0 saturated heterocycles. The number of carbonyl (C=O) groups is 1. The zero-order valence-electron chi connectivity index (χ0n) is 20.6. The van der Waals surface area contributed by atoms with Crippen LogP contribution in [0, 0.1) is 11.8 Å². The van der Waals surface area contributed by atoms with E-state index in [1.807, 2.05) is 18.2 Å². The van der Waals surface area contributed by atoms with Gasteiger partial charge in [0.15, 0.2) is 5.82 Å². The second-order valence-corrected chi connectivity index (χ2v) is 10.4. The molecule has 8 nitrogen and oxygen atoms in total. The van der Waals surface area contributed by atoms with E-state index in [1.54, 1.807) is 26.3 Å². The SMILES string of the molecule is C=CC(=O)Nc1cc(Nc2ncc(Cl)c(Nc3ccccc3P(C)C)n2)c(OC)cc1C#CCNC. The summed E-state index contributed by atoms with van der Waals surface area (Å²) in [6.45, 7) is 8.38. The van der Waals surface area contributed by atoms with E-state index in [0.29, 0.717) is 46.0 Å². The third-order valence-electron chi connectivity index (χ3n) is 4.90. The maximum Gasteiger partial charge on any atom is 0.247 e. The zero-order valence-corrected chi connectivity index (χ0v) is 22.2. The zero-order chi connectivity index (χ0) is 26.1. The third-order valence-corrected chi connectivity index (χ3v) is 6.53. The molecule has 1 heterocycles. The number of hydrogen-bond acceptors (Lipinski definition) is 7. The van der Waals surface area contributed by atoms with Gasteiger partial charge >= 0.3 is 0 Å². The molecular weight excluding hydrogens is 495 g/mol. The molecule has 2 aromatic carbocycles. The molecule has 186 valence electrons. The fraction of sp³-hybridized carbons (Fsp3) is 0.192. The van der Waals surface area contributed by atoms with E-state index in [2.05, 4.69) is 69.1 Å². The quantitative estimate of drug-likeness (QED) is 0.184. The molecule has 36 heavy (non-hydrogen) atoms. The highest BCUT2D eigenvalue weighted by atomic mass is 35.5. The Morgan fingerprint density at radius 1 is 1.19 bits per heavy atom. The Kier molecular flexibility index (Phi) is 9.66. The summed E-state index contributed by atoms with van der Waals surface area (Å²) in [6.07, 6.45) is 2.71. The average Bonchev–Trinajstić information content (AvgIpc) is 2.87. The summed E-state index contributed by atoms with van der Waals surface area (Å²) in [4.78, 5) is 20.9. The van der Waals surface area contributed by atoms with E-state index >= 15 is 0 Å². The van der Waals surface area contributed by atoms with Crippen molar-refractivity contribution in [1.29, 1.82) is 0 Å². The number of amides is 1. The number of para-hydroxylation sites is 1. The largest absolute Gasteiger partial charge is 0.495 e. The van der Waals surface area contributed by atoms with Crippen LogP contribution in [-0.4, -0.2) is 49.9 Å². The van der Waals surface area contributed by atoms with Gasteiger partial charge in [-0.05, 0) is 43.9 Å². The van der Waals surface area contributed by atoms with E-state index in [9.17, 15) is 4.79 Å². The molecule has 0 aliphatic rings. The number of hydrogen-bond donors (Lipinski definition) is 4. The molecule has 0 radical (unpaired) electrons. The van der Waals surface area contributed by atoms with Crippen molar-refractivity contribution < 1.29 is 9.53 Å². The van der Waals surface area contributed by atoms with Crippen molar-refractivity contribution in [3.8, 4) is 17.6 Å². The summed E-state index contributed by atoms with van der Waals surface area (Å²) in [7, 11) is 3.02. The molecule has 0 spiro atoms. The average molecular weight is 523 g/mol. The monoisotopic (exact) mass is 522 g/mol. The number of aromatic nitrogens is 2. The second-order valence-electron chi connectivity index (χ2n) is 7.68. The smallest absolute Gasteiger partial charge is 0.247 e. The maximum absolute atomic E-state index is 12.0. The molecule has 0 saturated carbocycles. The van der Waals surface area contributed by atoms with Crippen molar-refractivity contribution >= 4 is 59.6 Å². The van der Waals surface area contributed by atoms with Gasteiger partial charge in [0.1, 0.15) is 10.8 Å². The van der Waals surface area contributed by atoms with E-state index in [1.165, 1.54) is 17.6 Å². The number of benzene rings is 2. The number of methoxy groups -OCH3 is 1. The van der Waals surface area contributed by atoms with Gasteiger partial charge in [-0.25, -0.2) is 4.98 Å². The predicted octanol–water partition coefficient (Wildman–Crippen LogP) is 4.69. The first-order valence-corrected chi connectivity index (χ1v) is 13.6. The van der Waals surface area contributed by atoms with E-state index in [-0.39, 0.29) is 13.8 Å². The van der Waals surface area contributed by atoms with Gasteiger partial charge < -0.3 is 26.0 Å². The van der Waals surface area contributed by atoms with Crippen LogP contribution in [0.1, 0.15) is 5.56 Å². The number of anilines is 5. The topological polar surface area (TPSA) is 100 Å². The summed E-state index contributed by atoms with van der Waals surface area (Å²) >= 11 is 6.41. The highest BCUT2D eigenvalue weighted by Gasteiger charge is 2.15. The Balaban J connectivity index is 1.98. The van der Waals surface area contributed by atoms with Crippen LogP contribution in [0.3, 0.4) is 0 Å². The molecule has 0 fully saturated rings. The molecule has 4 N–H and O–H groups in total. The molecule has 0 aliphatic heterocycles. The molecular formula is C26H28ClN6O2P. The first-order chi connectivity index (χ1) is 17.4. The standard InChI is InChI=1S/C26H28ClN6O2P/c1-6-24(34)30-20-15-21(22(35-3)14-17(20)10-9-13-28-2)32-26-29-16-18(27)25(33-26)31-19-11-7-8-12-23(19)36(4)5/h6-8,11-12,14-16,28H,1,13H2,2-5H3,(H,30,34)(H2,29,31,32,33). The summed E-state index contributed by atoms with van der Waals surface area (Å²) in [5.41, 5.74) is 2.56. The lowest BCUT2D eigenvalue weighted by Gasteiger charge is -2.17. The minimum absolute atomic E-state index is 0.294. The van der Waals surface area contributed by atoms with Crippen LogP contribution in [0.4, 0.5) is 28.8 Å². The van der Waals surface area contributed by atoms with Crippen molar-refractivity contribution in [1.82, 2.24) is 15.3 Å². The van der Waals surface area contributed by atoms with Gasteiger partial charge in [-0.2, -0.15) is 4.98 Å². The first kappa shape index (κ1) is 27.0. The molecule has 0 aliphatic carbocycles. The lowest BCUT2D eigenvalue weighted by atomic mass is 10.1. The number of nitrogens with zero attached hydrogens (tertiary/aromatic N) is 2. The predicted molar refractivity (Wildman–Crippen MR) is 151 cm³/mol. The Hall–Kier alpha value is -3.63. The van der Waals surface area contributed by atoms with E-state index in [4.69, 9.17) is 16.3 Å². The minimum Gasteiger partial charge on any atom is -0.495 e.